The van der Waals surface area contributed by atoms with Gasteiger partial charge in [-0.15, -0.1) is 0 Å². The second-order valence-electron chi connectivity index (χ2n) is 2.31. The van der Waals surface area contributed by atoms with Crippen LogP contribution in [0.5, 0.6) is 0 Å². The van der Waals surface area contributed by atoms with E-state index in [0.717, 1.165) is 6.54 Å². The number of likely N-dealkylation sites (N-methyl/N-ethyl adjacent to an activating group) is 1. The van der Waals surface area contributed by atoms with Gasteiger partial charge in [-0.1, -0.05) is 6.92 Å². The van der Waals surface area contributed by atoms with Gasteiger partial charge in [0.15, 0.2) is 0 Å². The Morgan fingerprint density at radius 3 is 2.83 bits per heavy atom. The average molecular weight is 192 g/mol. The lowest BCUT2D eigenvalue weighted by atomic mass is 10.3. The van der Waals surface area contributed by atoms with Gasteiger partial charge in [-0.25, -0.2) is 0 Å². The SMILES string of the molecule is CCNC(CSCCO)C(N)=O. The fourth-order valence-electron chi connectivity index (χ4n) is 0.754. The molecule has 1 atom stereocenters. The lowest BCUT2D eigenvalue weighted by Crippen LogP contribution is -2.43. The average Bonchev–Trinajstić information content (AvgIpc) is 2.03. The summed E-state index contributed by atoms with van der Waals surface area (Å²) in [4.78, 5) is 10.8. The van der Waals surface area contributed by atoms with Crippen LogP contribution in [0.4, 0.5) is 0 Å². The Kier molecular flexibility index (Phi) is 7.23. The maximum absolute atomic E-state index is 10.8. The van der Waals surface area contributed by atoms with E-state index < -0.39 is 0 Å². The van der Waals surface area contributed by atoms with Crippen LogP contribution in [-0.2, 0) is 4.79 Å². The van der Waals surface area contributed by atoms with Gasteiger partial charge in [0.1, 0.15) is 0 Å². The summed E-state index contributed by atoms with van der Waals surface area (Å²) in [6.45, 7) is 2.79. The van der Waals surface area contributed by atoms with Crippen molar-refractivity contribution in [3.8, 4) is 0 Å². The monoisotopic (exact) mass is 192 g/mol. The Morgan fingerprint density at radius 1 is 1.75 bits per heavy atom. The lowest BCUT2D eigenvalue weighted by molar-refractivity contribution is -0.119. The normalized spacial score (nSPS) is 12.8. The Bertz CT molecular complexity index is 133. The zero-order valence-corrected chi connectivity index (χ0v) is 8.06. The summed E-state index contributed by atoms with van der Waals surface area (Å²) < 4.78 is 0. The van der Waals surface area contributed by atoms with Crippen molar-refractivity contribution < 1.29 is 9.90 Å². The van der Waals surface area contributed by atoms with Crippen molar-refractivity contribution in [2.24, 2.45) is 5.73 Å². The van der Waals surface area contributed by atoms with Crippen LogP contribution in [0, 0.1) is 0 Å². The van der Waals surface area contributed by atoms with Crippen LogP contribution in [0.3, 0.4) is 0 Å². The Morgan fingerprint density at radius 2 is 2.42 bits per heavy atom. The summed E-state index contributed by atoms with van der Waals surface area (Å²) >= 11 is 1.52. The van der Waals surface area contributed by atoms with Crippen LogP contribution in [0.2, 0.25) is 0 Å². The van der Waals surface area contributed by atoms with Crippen LogP contribution < -0.4 is 11.1 Å². The first kappa shape index (κ1) is 11.7. The number of nitrogens with one attached hydrogen (secondary N) is 1. The lowest BCUT2D eigenvalue weighted by Gasteiger charge is -2.12. The molecule has 5 heteroatoms. The van der Waals surface area contributed by atoms with Gasteiger partial charge < -0.3 is 16.2 Å². The van der Waals surface area contributed by atoms with Crippen LogP contribution in [0.25, 0.3) is 0 Å². The molecule has 0 fully saturated rings. The standard InChI is InChI=1S/C7H16N2O2S/c1-2-9-6(7(8)11)5-12-4-3-10/h6,9-10H,2-5H2,1H3,(H2,8,11). The van der Waals surface area contributed by atoms with E-state index >= 15 is 0 Å². The number of hydrogen-bond donors (Lipinski definition) is 3. The molecule has 0 aliphatic heterocycles. The predicted molar refractivity (Wildman–Crippen MR) is 51.1 cm³/mol. The van der Waals surface area contributed by atoms with Gasteiger partial charge in [0.2, 0.25) is 5.91 Å². The molecule has 0 aromatic rings. The number of carbonyl (C=O) groups is 1. The molecular formula is C7H16N2O2S. The van der Waals surface area contributed by atoms with Gasteiger partial charge >= 0.3 is 0 Å². The van der Waals surface area contributed by atoms with Crippen molar-refractivity contribution >= 4 is 17.7 Å². The fourth-order valence-corrected chi connectivity index (χ4v) is 1.57. The molecule has 1 unspecified atom stereocenters. The van der Waals surface area contributed by atoms with Gasteiger partial charge in [-0.05, 0) is 6.54 Å². The van der Waals surface area contributed by atoms with Crippen molar-refractivity contribution in [3.63, 3.8) is 0 Å². The molecule has 4 N–H and O–H groups in total. The molecular weight excluding hydrogens is 176 g/mol. The van der Waals surface area contributed by atoms with Crippen LogP contribution in [0.1, 0.15) is 6.92 Å². The molecule has 0 bridgehead atoms. The summed E-state index contributed by atoms with van der Waals surface area (Å²) in [6.07, 6.45) is 0. The quantitative estimate of drug-likeness (QED) is 0.460. The first-order chi connectivity index (χ1) is 5.72. The zero-order chi connectivity index (χ0) is 9.40. The minimum Gasteiger partial charge on any atom is -0.396 e. The molecule has 0 aromatic heterocycles. The summed E-state index contributed by atoms with van der Waals surface area (Å²) in [5.74, 6) is 0.945. The maximum atomic E-state index is 10.8. The summed E-state index contributed by atoms with van der Waals surface area (Å²) in [5.41, 5.74) is 5.13. The van der Waals surface area contributed by atoms with Gasteiger partial charge in [0.05, 0.1) is 12.6 Å². The molecule has 0 aromatic carbocycles. The minimum atomic E-state index is -0.331. The summed E-state index contributed by atoms with van der Waals surface area (Å²) in [5, 5.41) is 11.5. The number of amides is 1. The number of hydrogen-bond acceptors (Lipinski definition) is 4. The highest BCUT2D eigenvalue weighted by atomic mass is 32.2. The molecule has 0 saturated heterocycles. The number of thioether (sulfide) groups is 1. The van der Waals surface area contributed by atoms with Crippen molar-refractivity contribution in [1.29, 1.82) is 0 Å². The van der Waals surface area contributed by atoms with E-state index in [1.165, 1.54) is 11.8 Å². The Hall–Kier alpha value is -0.260. The van der Waals surface area contributed by atoms with Gasteiger partial charge in [0.25, 0.3) is 0 Å². The molecule has 0 aliphatic carbocycles. The highest BCUT2D eigenvalue weighted by molar-refractivity contribution is 7.99. The number of aliphatic hydroxyl groups is 1. The highest BCUT2D eigenvalue weighted by Gasteiger charge is 2.12. The number of nitrogens with two attached hydrogens (primary N) is 1. The third kappa shape index (κ3) is 5.40. The zero-order valence-electron chi connectivity index (χ0n) is 7.25. The second-order valence-corrected chi connectivity index (χ2v) is 3.46. The second kappa shape index (κ2) is 7.39. The van der Waals surface area contributed by atoms with E-state index in [-0.39, 0.29) is 18.6 Å². The van der Waals surface area contributed by atoms with Crippen molar-refractivity contribution in [3.05, 3.63) is 0 Å². The molecule has 72 valence electrons. The topological polar surface area (TPSA) is 75.3 Å². The van der Waals surface area contributed by atoms with Gasteiger partial charge in [0, 0.05) is 11.5 Å². The number of rotatable bonds is 7. The summed E-state index contributed by atoms with van der Waals surface area (Å²) in [7, 11) is 0. The van der Waals surface area contributed by atoms with E-state index in [4.69, 9.17) is 10.8 Å². The largest absolute Gasteiger partial charge is 0.396 e. The maximum Gasteiger partial charge on any atom is 0.235 e. The molecule has 12 heavy (non-hydrogen) atoms. The molecule has 1 amide bonds. The Balaban J connectivity index is 3.56. The Labute approximate surface area is 76.9 Å². The van der Waals surface area contributed by atoms with E-state index in [2.05, 4.69) is 5.32 Å². The molecule has 0 heterocycles. The molecule has 0 spiro atoms. The minimum absolute atomic E-state index is 0.141. The number of primary amides is 1. The number of carbonyl (C=O) groups excluding carboxylic acids is 1. The van der Waals surface area contributed by atoms with Crippen molar-refractivity contribution in [2.75, 3.05) is 24.7 Å². The molecule has 0 saturated carbocycles. The van der Waals surface area contributed by atoms with Crippen LogP contribution in [0.15, 0.2) is 0 Å². The third-order valence-corrected chi connectivity index (χ3v) is 2.35. The predicted octanol–water partition coefficient (Wildman–Crippen LogP) is -0.825. The first-order valence-corrected chi connectivity index (χ1v) is 5.09. The van der Waals surface area contributed by atoms with E-state index in [1.807, 2.05) is 6.92 Å². The van der Waals surface area contributed by atoms with Crippen LogP contribution >= 0.6 is 11.8 Å². The molecule has 0 aliphatic rings. The smallest absolute Gasteiger partial charge is 0.235 e. The van der Waals surface area contributed by atoms with Gasteiger partial charge in [-0.3, -0.25) is 4.79 Å². The van der Waals surface area contributed by atoms with Crippen LogP contribution in [-0.4, -0.2) is 41.7 Å². The summed E-state index contributed by atoms with van der Waals surface area (Å²) in [6, 6.07) is -0.272. The van der Waals surface area contributed by atoms with Crippen molar-refractivity contribution in [2.45, 2.75) is 13.0 Å². The fraction of sp³-hybridized carbons (Fsp3) is 0.857. The van der Waals surface area contributed by atoms with Gasteiger partial charge in [-0.2, -0.15) is 11.8 Å². The van der Waals surface area contributed by atoms with E-state index in [0.29, 0.717) is 11.5 Å². The molecule has 4 nitrogen and oxygen atoms in total. The molecule has 0 rings (SSSR count). The van der Waals surface area contributed by atoms with E-state index in [1.54, 1.807) is 0 Å². The number of aliphatic hydroxyl groups excluding tert-OH is 1. The highest BCUT2D eigenvalue weighted by Crippen LogP contribution is 2.01. The first-order valence-electron chi connectivity index (χ1n) is 3.93. The molecule has 0 radical (unpaired) electrons. The van der Waals surface area contributed by atoms with Crippen molar-refractivity contribution in [1.82, 2.24) is 5.32 Å². The third-order valence-electron chi connectivity index (χ3n) is 1.31. The van der Waals surface area contributed by atoms with E-state index in [9.17, 15) is 4.79 Å².